The Labute approximate surface area is 146 Å². The van der Waals surface area contributed by atoms with Crippen LogP contribution < -0.4 is 15.4 Å². The number of nitrogens with zero attached hydrogens (tertiary/aromatic N) is 1. The van der Waals surface area contributed by atoms with E-state index >= 15 is 0 Å². The Bertz CT molecular complexity index is 733. The zero-order valence-electron chi connectivity index (χ0n) is 14.9. The summed E-state index contributed by atoms with van der Waals surface area (Å²) in [5.74, 6) is 0.706. The second kappa shape index (κ2) is 8.32. The molecule has 1 aromatic heterocycles. The Morgan fingerprint density at radius 2 is 2.04 bits per heavy atom. The van der Waals surface area contributed by atoms with Crippen molar-refractivity contribution in [2.75, 3.05) is 6.54 Å². The van der Waals surface area contributed by atoms with Crippen LogP contribution in [0.15, 0.2) is 28.8 Å². The van der Waals surface area contributed by atoms with Gasteiger partial charge in [-0.1, -0.05) is 11.2 Å². The highest BCUT2D eigenvalue weighted by Gasteiger charge is 2.12. The Kier molecular flexibility index (Phi) is 6.16. The standard InChI is InChI=1S/C18H23N3O4/c1-11(2)20-17(22)9-19-18(23)14-6-5-7-15(8-14)24-10-16-12(3)21-25-13(16)4/h5-8,11H,9-10H2,1-4H3,(H,19,23)(H,20,22). The molecule has 0 unspecified atom stereocenters. The molecule has 0 radical (unpaired) electrons. The van der Waals surface area contributed by atoms with E-state index in [4.69, 9.17) is 9.26 Å². The predicted octanol–water partition coefficient (Wildman–Crippen LogP) is 2.12. The lowest BCUT2D eigenvalue weighted by atomic mass is 10.2. The van der Waals surface area contributed by atoms with Crippen molar-refractivity contribution in [1.29, 1.82) is 0 Å². The summed E-state index contributed by atoms with van der Waals surface area (Å²) < 4.78 is 10.8. The van der Waals surface area contributed by atoms with E-state index in [1.54, 1.807) is 24.3 Å². The van der Waals surface area contributed by atoms with Gasteiger partial charge in [-0.25, -0.2) is 0 Å². The first kappa shape index (κ1) is 18.5. The second-order valence-corrected chi connectivity index (χ2v) is 6.02. The third-order valence-electron chi connectivity index (χ3n) is 3.52. The van der Waals surface area contributed by atoms with Gasteiger partial charge in [-0.15, -0.1) is 0 Å². The van der Waals surface area contributed by atoms with Crippen LogP contribution in [0, 0.1) is 13.8 Å². The third kappa shape index (κ3) is 5.34. The largest absolute Gasteiger partial charge is 0.489 e. The first-order valence-electron chi connectivity index (χ1n) is 8.09. The second-order valence-electron chi connectivity index (χ2n) is 6.02. The first-order chi connectivity index (χ1) is 11.9. The quantitative estimate of drug-likeness (QED) is 0.802. The van der Waals surface area contributed by atoms with Crippen molar-refractivity contribution in [2.24, 2.45) is 0 Å². The molecule has 2 aromatic rings. The highest BCUT2D eigenvalue weighted by Crippen LogP contribution is 2.18. The van der Waals surface area contributed by atoms with Crippen molar-refractivity contribution in [2.45, 2.75) is 40.3 Å². The molecule has 2 N–H and O–H groups in total. The minimum atomic E-state index is -0.332. The van der Waals surface area contributed by atoms with Crippen LogP contribution >= 0.6 is 0 Å². The number of nitrogens with one attached hydrogen (secondary N) is 2. The van der Waals surface area contributed by atoms with Gasteiger partial charge in [0, 0.05) is 11.6 Å². The number of aryl methyl sites for hydroxylation is 2. The van der Waals surface area contributed by atoms with Gasteiger partial charge in [0.25, 0.3) is 5.91 Å². The van der Waals surface area contributed by atoms with E-state index in [1.165, 1.54) is 0 Å². The van der Waals surface area contributed by atoms with Crippen LogP contribution in [0.25, 0.3) is 0 Å². The van der Waals surface area contributed by atoms with E-state index < -0.39 is 0 Å². The molecule has 0 bridgehead atoms. The average molecular weight is 345 g/mol. The van der Waals surface area contributed by atoms with Crippen LogP contribution in [0.5, 0.6) is 5.75 Å². The molecule has 7 heteroatoms. The number of rotatable bonds is 7. The summed E-state index contributed by atoms with van der Waals surface area (Å²) in [5.41, 5.74) is 2.09. The van der Waals surface area contributed by atoms with E-state index in [0.717, 1.165) is 11.3 Å². The molecule has 1 aromatic carbocycles. The van der Waals surface area contributed by atoms with Gasteiger partial charge < -0.3 is 19.9 Å². The molecule has 0 aliphatic rings. The Hall–Kier alpha value is -2.83. The molecule has 7 nitrogen and oxygen atoms in total. The molecule has 0 atom stereocenters. The fraction of sp³-hybridized carbons (Fsp3) is 0.389. The molecule has 0 aliphatic carbocycles. The minimum Gasteiger partial charge on any atom is -0.489 e. The van der Waals surface area contributed by atoms with Gasteiger partial charge in [0.05, 0.1) is 17.8 Å². The summed E-state index contributed by atoms with van der Waals surface area (Å²) in [5, 5.41) is 9.18. The Balaban J connectivity index is 1.94. The number of amides is 2. The van der Waals surface area contributed by atoms with Gasteiger partial charge in [-0.3, -0.25) is 9.59 Å². The summed E-state index contributed by atoms with van der Waals surface area (Å²) in [6, 6.07) is 6.82. The van der Waals surface area contributed by atoms with Gasteiger partial charge in [-0.2, -0.15) is 0 Å². The highest BCUT2D eigenvalue weighted by molar-refractivity contribution is 5.96. The molecule has 25 heavy (non-hydrogen) atoms. The molecule has 0 aliphatic heterocycles. The lowest BCUT2D eigenvalue weighted by molar-refractivity contribution is -0.120. The number of hydrogen-bond donors (Lipinski definition) is 2. The van der Waals surface area contributed by atoms with Crippen LogP contribution in [0.2, 0.25) is 0 Å². The van der Waals surface area contributed by atoms with Crippen molar-refractivity contribution >= 4 is 11.8 Å². The molecule has 0 spiro atoms. The molecule has 134 valence electrons. The highest BCUT2D eigenvalue weighted by atomic mass is 16.5. The summed E-state index contributed by atoms with van der Waals surface area (Å²) >= 11 is 0. The van der Waals surface area contributed by atoms with Crippen molar-refractivity contribution in [3.05, 3.63) is 46.8 Å². The Morgan fingerprint density at radius 3 is 2.68 bits per heavy atom. The first-order valence-corrected chi connectivity index (χ1v) is 8.09. The lowest BCUT2D eigenvalue weighted by Crippen LogP contribution is -2.39. The minimum absolute atomic E-state index is 0.0328. The van der Waals surface area contributed by atoms with Crippen LogP contribution in [-0.2, 0) is 11.4 Å². The van der Waals surface area contributed by atoms with Gasteiger partial charge in [0.1, 0.15) is 18.1 Å². The predicted molar refractivity (Wildman–Crippen MR) is 92.4 cm³/mol. The third-order valence-corrected chi connectivity index (χ3v) is 3.52. The number of carbonyl (C=O) groups is 2. The number of hydrogen-bond acceptors (Lipinski definition) is 5. The van der Waals surface area contributed by atoms with E-state index in [1.807, 2.05) is 27.7 Å². The zero-order chi connectivity index (χ0) is 18.4. The summed E-state index contributed by atoms with van der Waals surface area (Å²) in [4.78, 5) is 23.7. The zero-order valence-corrected chi connectivity index (χ0v) is 14.9. The fourth-order valence-corrected chi connectivity index (χ4v) is 2.23. The molecule has 0 fully saturated rings. The van der Waals surface area contributed by atoms with Gasteiger partial charge in [0.2, 0.25) is 5.91 Å². The maximum absolute atomic E-state index is 12.2. The topological polar surface area (TPSA) is 93.5 Å². The number of aromatic nitrogens is 1. The van der Waals surface area contributed by atoms with Crippen molar-refractivity contribution < 1.29 is 18.8 Å². The van der Waals surface area contributed by atoms with E-state index in [2.05, 4.69) is 15.8 Å². The van der Waals surface area contributed by atoms with Crippen LogP contribution in [-0.4, -0.2) is 29.6 Å². The van der Waals surface area contributed by atoms with Crippen molar-refractivity contribution in [1.82, 2.24) is 15.8 Å². The van der Waals surface area contributed by atoms with Crippen LogP contribution in [0.4, 0.5) is 0 Å². The van der Waals surface area contributed by atoms with Crippen LogP contribution in [0.3, 0.4) is 0 Å². The van der Waals surface area contributed by atoms with E-state index in [-0.39, 0.29) is 24.4 Å². The van der Waals surface area contributed by atoms with E-state index in [9.17, 15) is 9.59 Å². The fourth-order valence-electron chi connectivity index (χ4n) is 2.23. The summed E-state index contributed by atoms with van der Waals surface area (Å²) in [6.45, 7) is 7.63. The van der Waals surface area contributed by atoms with Crippen molar-refractivity contribution in [3.8, 4) is 5.75 Å². The maximum atomic E-state index is 12.2. The maximum Gasteiger partial charge on any atom is 0.251 e. The number of carbonyl (C=O) groups excluding carboxylic acids is 2. The molecule has 2 amide bonds. The molecule has 1 heterocycles. The smallest absolute Gasteiger partial charge is 0.251 e. The number of benzene rings is 1. The molecule has 0 saturated heterocycles. The van der Waals surface area contributed by atoms with Crippen LogP contribution in [0.1, 0.15) is 41.2 Å². The lowest BCUT2D eigenvalue weighted by Gasteiger charge is -2.10. The van der Waals surface area contributed by atoms with Crippen molar-refractivity contribution in [3.63, 3.8) is 0 Å². The van der Waals surface area contributed by atoms with Gasteiger partial charge in [-0.05, 0) is 45.9 Å². The Morgan fingerprint density at radius 1 is 1.28 bits per heavy atom. The van der Waals surface area contributed by atoms with Gasteiger partial charge >= 0.3 is 0 Å². The monoisotopic (exact) mass is 345 g/mol. The molecular formula is C18H23N3O4. The molecular weight excluding hydrogens is 322 g/mol. The molecule has 0 saturated carbocycles. The average Bonchev–Trinajstić information content (AvgIpc) is 2.88. The normalized spacial score (nSPS) is 10.6. The summed E-state index contributed by atoms with van der Waals surface area (Å²) in [7, 11) is 0. The van der Waals surface area contributed by atoms with E-state index in [0.29, 0.717) is 23.7 Å². The van der Waals surface area contributed by atoms with Gasteiger partial charge in [0.15, 0.2) is 0 Å². The molecule has 2 rings (SSSR count). The number of ether oxygens (including phenoxy) is 1. The summed E-state index contributed by atoms with van der Waals surface area (Å²) in [6.07, 6.45) is 0. The SMILES string of the molecule is Cc1noc(C)c1COc1cccc(C(=O)NCC(=O)NC(C)C)c1.